The summed E-state index contributed by atoms with van der Waals surface area (Å²) >= 11 is 1.32. The average molecular weight is 635 g/mol. The summed E-state index contributed by atoms with van der Waals surface area (Å²) in [4.78, 5) is 22.4. The summed E-state index contributed by atoms with van der Waals surface area (Å²) in [7, 11) is -0.833. The number of fused-ring (bicyclic) bond motifs is 1. The van der Waals surface area contributed by atoms with E-state index in [-0.39, 0.29) is 49.1 Å². The van der Waals surface area contributed by atoms with Crippen molar-refractivity contribution in [1.29, 1.82) is 10.5 Å². The fourth-order valence-corrected chi connectivity index (χ4v) is 6.77. The molecule has 0 N–H and O–H groups in total. The maximum atomic E-state index is 13.9. The van der Waals surface area contributed by atoms with Crippen molar-refractivity contribution in [3.8, 4) is 23.6 Å². The van der Waals surface area contributed by atoms with Crippen molar-refractivity contribution in [3.05, 3.63) is 42.0 Å². The number of thiazole rings is 1. The Labute approximate surface area is 257 Å². The van der Waals surface area contributed by atoms with E-state index in [4.69, 9.17) is 25.0 Å². The first-order valence-electron chi connectivity index (χ1n) is 13.1. The number of carbonyl (C=O) groups is 1. The quantitative estimate of drug-likeness (QED) is 0.236. The largest absolute Gasteiger partial charge is 0.495 e. The van der Waals surface area contributed by atoms with Crippen LogP contribution in [0.25, 0.3) is 10.2 Å². The van der Waals surface area contributed by atoms with Crippen molar-refractivity contribution in [2.24, 2.45) is 0 Å². The molecule has 1 amide bonds. The number of anilines is 1. The molecule has 226 valence electrons. The number of hydrogen-bond acceptors (Lipinski definition) is 10. The normalized spacial score (nSPS) is 11.1. The Morgan fingerprint density at radius 1 is 0.905 bits per heavy atom. The standard InChI is InChI=1S/C28H34N6O5S2.ClH/c1-5-32(6-2)19-20-34(28-31-25-23(38-3)13-14-24(39-4)26(25)40-28)27(35)21-9-11-22(12-10-21)41(36,37)33(17-7-15-29)18-8-16-30;/h9-14H,5-8,17-20H2,1-4H3;1H. The van der Waals surface area contributed by atoms with Crippen LogP contribution in [-0.2, 0) is 10.0 Å². The monoisotopic (exact) mass is 634 g/mol. The summed E-state index contributed by atoms with van der Waals surface area (Å²) in [6.45, 7) is 6.68. The molecule has 0 saturated heterocycles. The van der Waals surface area contributed by atoms with Crippen LogP contribution in [0.4, 0.5) is 5.13 Å². The van der Waals surface area contributed by atoms with E-state index in [0.29, 0.717) is 40.8 Å². The van der Waals surface area contributed by atoms with Crippen molar-refractivity contribution in [2.45, 2.75) is 31.6 Å². The minimum Gasteiger partial charge on any atom is -0.495 e. The second-order valence-corrected chi connectivity index (χ2v) is 11.8. The van der Waals surface area contributed by atoms with E-state index >= 15 is 0 Å². The highest BCUT2D eigenvalue weighted by atomic mass is 35.5. The number of halogens is 1. The summed E-state index contributed by atoms with van der Waals surface area (Å²) < 4.78 is 39.3. The zero-order valence-corrected chi connectivity index (χ0v) is 26.5. The summed E-state index contributed by atoms with van der Waals surface area (Å²) in [6, 6.07) is 13.1. The molecule has 14 heteroatoms. The van der Waals surface area contributed by atoms with E-state index in [1.54, 1.807) is 31.3 Å². The molecule has 0 unspecified atom stereocenters. The van der Waals surface area contributed by atoms with Crippen LogP contribution in [-0.4, -0.2) is 82.0 Å². The van der Waals surface area contributed by atoms with Gasteiger partial charge in [0.05, 0.1) is 31.3 Å². The number of hydrogen-bond donors (Lipinski definition) is 0. The van der Waals surface area contributed by atoms with Gasteiger partial charge in [0.15, 0.2) is 5.13 Å². The molecule has 3 aromatic rings. The molecule has 0 atom stereocenters. The van der Waals surface area contributed by atoms with Gasteiger partial charge in [0.2, 0.25) is 10.0 Å². The van der Waals surface area contributed by atoms with Crippen molar-refractivity contribution in [3.63, 3.8) is 0 Å². The predicted octanol–water partition coefficient (Wildman–Crippen LogP) is 4.54. The van der Waals surface area contributed by atoms with Crippen LogP contribution in [0.1, 0.15) is 37.0 Å². The van der Waals surface area contributed by atoms with Crippen molar-refractivity contribution in [1.82, 2.24) is 14.2 Å². The van der Waals surface area contributed by atoms with Gasteiger partial charge in [-0.1, -0.05) is 25.2 Å². The van der Waals surface area contributed by atoms with Crippen LogP contribution in [0.2, 0.25) is 0 Å². The molecule has 11 nitrogen and oxygen atoms in total. The molecule has 0 aliphatic carbocycles. The minimum atomic E-state index is -3.96. The highest BCUT2D eigenvalue weighted by Gasteiger charge is 2.27. The zero-order chi connectivity index (χ0) is 30.0. The van der Waals surface area contributed by atoms with Gasteiger partial charge in [0.1, 0.15) is 21.7 Å². The molecule has 0 saturated carbocycles. The van der Waals surface area contributed by atoms with Crippen molar-refractivity contribution in [2.75, 3.05) is 58.4 Å². The minimum absolute atomic E-state index is 0. The molecule has 0 bridgehead atoms. The third-order valence-corrected chi connectivity index (χ3v) is 9.60. The molecule has 1 aromatic heterocycles. The lowest BCUT2D eigenvalue weighted by Crippen LogP contribution is -2.39. The molecule has 0 radical (unpaired) electrons. The first kappa shape index (κ1) is 34.7. The van der Waals surface area contributed by atoms with Crippen LogP contribution in [0.15, 0.2) is 41.3 Å². The fraction of sp³-hybridized carbons (Fsp3) is 0.429. The number of ether oxygens (including phenoxy) is 2. The van der Waals surface area contributed by atoms with Gasteiger partial charge < -0.3 is 14.4 Å². The lowest BCUT2D eigenvalue weighted by Gasteiger charge is -2.25. The molecule has 1 heterocycles. The van der Waals surface area contributed by atoms with Crippen LogP contribution < -0.4 is 14.4 Å². The molecule has 0 aliphatic heterocycles. The number of amides is 1. The number of rotatable bonds is 15. The Balaban J connectivity index is 0.00000616. The van der Waals surface area contributed by atoms with Gasteiger partial charge in [0, 0.05) is 44.6 Å². The van der Waals surface area contributed by atoms with Crippen molar-refractivity contribution >= 4 is 55.0 Å². The molecular formula is C28H35ClN6O5S2. The molecule has 2 aromatic carbocycles. The van der Waals surface area contributed by atoms with E-state index in [9.17, 15) is 13.2 Å². The Morgan fingerprint density at radius 3 is 2.00 bits per heavy atom. The van der Waals surface area contributed by atoms with Crippen molar-refractivity contribution < 1.29 is 22.7 Å². The van der Waals surface area contributed by atoms with Gasteiger partial charge in [-0.3, -0.25) is 9.69 Å². The average Bonchev–Trinajstić information content (AvgIpc) is 3.44. The summed E-state index contributed by atoms with van der Waals surface area (Å²) in [5.41, 5.74) is 0.881. The van der Waals surface area contributed by atoms with Gasteiger partial charge >= 0.3 is 0 Å². The highest BCUT2D eigenvalue weighted by molar-refractivity contribution is 7.89. The Kier molecular flexibility index (Phi) is 13.4. The van der Waals surface area contributed by atoms with Gasteiger partial charge in [-0.05, 0) is 49.5 Å². The Bertz CT molecular complexity index is 1470. The van der Waals surface area contributed by atoms with E-state index in [2.05, 4.69) is 18.7 Å². The van der Waals surface area contributed by atoms with Gasteiger partial charge in [0.25, 0.3) is 5.91 Å². The molecular weight excluding hydrogens is 600 g/mol. The molecule has 0 aliphatic rings. The lowest BCUT2D eigenvalue weighted by atomic mass is 10.2. The maximum absolute atomic E-state index is 13.9. The fourth-order valence-electron chi connectivity index (χ4n) is 4.23. The van der Waals surface area contributed by atoms with E-state index in [1.165, 1.54) is 35.6 Å². The SMILES string of the molecule is CCN(CC)CCN(C(=O)c1ccc(S(=O)(=O)N(CCC#N)CCC#N)cc1)c1nc2c(OC)ccc(OC)c2s1.Cl. The van der Waals surface area contributed by atoms with Gasteiger partial charge in [-0.15, -0.1) is 12.4 Å². The van der Waals surface area contributed by atoms with Gasteiger partial charge in [-0.25, -0.2) is 13.4 Å². The number of carbonyl (C=O) groups excluding carboxylic acids is 1. The Hall–Kier alpha value is -3.46. The van der Waals surface area contributed by atoms with Crippen LogP contribution in [0.3, 0.4) is 0 Å². The first-order valence-corrected chi connectivity index (χ1v) is 15.4. The summed E-state index contributed by atoms with van der Waals surface area (Å²) in [6.07, 6.45) is 0.000921. The van der Waals surface area contributed by atoms with E-state index in [0.717, 1.165) is 22.1 Å². The van der Waals surface area contributed by atoms with Crippen LogP contribution in [0.5, 0.6) is 11.5 Å². The molecule has 0 spiro atoms. The summed E-state index contributed by atoms with van der Waals surface area (Å²) in [5, 5.41) is 18.3. The smallest absolute Gasteiger partial charge is 0.260 e. The molecule has 42 heavy (non-hydrogen) atoms. The van der Waals surface area contributed by atoms with Gasteiger partial charge in [-0.2, -0.15) is 14.8 Å². The third-order valence-electron chi connectivity index (χ3n) is 6.59. The van der Waals surface area contributed by atoms with E-state index in [1.807, 2.05) is 12.1 Å². The van der Waals surface area contributed by atoms with Crippen LogP contribution in [0, 0.1) is 22.7 Å². The number of methoxy groups -OCH3 is 2. The molecule has 0 fully saturated rings. The number of nitrogens with zero attached hydrogens (tertiary/aromatic N) is 6. The number of sulfonamides is 1. The second-order valence-electron chi connectivity index (χ2n) is 8.87. The predicted molar refractivity (Wildman–Crippen MR) is 165 cm³/mol. The lowest BCUT2D eigenvalue weighted by molar-refractivity contribution is 0.0983. The number of aromatic nitrogens is 1. The molecule has 3 rings (SSSR count). The zero-order valence-electron chi connectivity index (χ0n) is 24.1. The number of likely N-dealkylation sites (N-methyl/N-ethyl adjacent to an activating group) is 1. The maximum Gasteiger partial charge on any atom is 0.260 e. The van der Waals surface area contributed by atoms with E-state index < -0.39 is 10.0 Å². The highest BCUT2D eigenvalue weighted by Crippen LogP contribution is 2.40. The summed E-state index contributed by atoms with van der Waals surface area (Å²) in [5.74, 6) is 0.850. The first-order chi connectivity index (χ1) is 19.7. The Morgan fingerprint density at radius 2 is 1.48 bits per heavy atom. The third kappa shape index (κ3) is 7.88. The number of benzene rings is 2. The topological polar surface area (TPSA) is 140 Å². The number of nitriles is 2. The van der Waals surface area contributed by atoms with Crippen LogP contribution >= 0.6 is 23.7 Å². The second kappa shape index (κ2) is 16.2.